The van der Waals surface area contributed by atoms with Gasteiger partial charge in [-0.15, -0.1) is 11.8 Å². The third-order valence-electron chi connectivity index (χ3n) is 3.80. The summed E-state index contributed by atoms with van der Waals surface area (Å²) in [7, 11) is 0. The van der Waals surface area contributed by atoms with Crippen molar-refractivity contribution < 1.29 is 14.3 Å². The van der Waals surface area contributed by atoms with Crippen LogP contribution in [0.3, 0.4) is 0 Å². The molecule has 1 unspecified atom stereocenters. The van der Waals surface area contributed by atoms with Crippen molar-refractivity contribution in [2.24, 2.45) is 0 Å². The van der Waals surface area contributed by atoms with Gasteiger partial charge in [0.2, 0.25) is 11.8 Å². The van der Waals surface area contributed by atoms with Crippen molar-refractivity contribution in [2.75, 3.05) is 18.8 Å². The fourth-order valence-electron chi connectivity index (χ4n) is 2.60. The number of likely N-dealkylation sites (tertiary alicyclic amines) is 1. The van der Waals surface area contributed by atoms with Crippen molar-refractivity contribution in [3.63, 3.8) is 0 Å². The molecule has 0 radical (unpaired) electrons. The zero-order chi connectivity index (χ0) is 16.1. The molecular formula is C17H20N2O3S. The Kier molecular flexibility index (Phi) is 5.35. The Morgan fingerprint density at radius 2 is 2.22 bits per heavy atom. The summed E-state index contributed by atoms with van der Waals surface area (Å²) in [6.07, 6.45) is 2.94. The predicted octanol–water partition coefficient (Wildman–Crippen LogP) is 2.56. The average Bonchev–Trinajstić information content (AvgIpc) is 3.04. The maximum atomic E-state index is 12.1. The van der Waals surface area contributed by atoms with Crippen molar-refractivity contribution in [2.45, 2.75) is 24.7 Å². The lowest BCUT2D eigenvalue weighted by atomic mass is 10.1. The molecule has 1 amide bonds. The van der Waals surface area contributed by atoms with Crippen molar-refractivity contribution in [3.8, 4) is 11.5 Å². The van der Waals surface area contributed by atoms with Crippen LogP contribution in [-0.4, -0.2) is 45.8 Å². The zero-order valence-corrected chi connectivity index (χ0v) is 13.7. The average molecular weight is 332 g/mol. The quantitative estimate of drug-likeness (QED) is 0.911. The molecule has 5 nitrogen and oxygen atoms in total. The number of aromatic nitrogens is 1. The van der Waals surface area contributed by atoms with Crippen molar-refractivity contribution in [1.82, 2.24) is 9.88 Å². The first kappa shape index (κ1) is 16.1. The summed E-state index contributed by atoms with van der Waals surface area (Å²) in [5, 5.41) is 9.62. The third kappa shape index (κ3) is 4.36. The van der Waals surface area contributed by atoms with E-state index in [0.717, 1.165) is 30.6 Å². The number of carbonyl (C=O) groups excluding carboxylic acids is 1. The Bertz CT molecular complexity index is 644. The zero-order valence-electron chi connectivity index (χ0n) is 12.9. The lowest BCUT2D eigenvalue weighted by Gasteiger charge is -2.30. The fourth-order valence-corrected chi connectivity index (χ4v) is 3.40. The largest absolute Gasteiger partial charge is 0.444 e. The van der Waals surface area contributed by atoms with Gasteiger partial charge in [-0.25, -0.2) is 4.98 Å². The highest BCUT2D eigenvalue weighted by atomic mass is 32.2. The minimum atomic E-state index is -0.373. The van der Waals surface area contributed by atoms with Gasteiger partial charge in [0.1, 0.15) is 6.26 Å². The van der Waals surface area contributed by atoms with Crippen LogP contribution in [-0.2, 0) is 10.5 Å². The number of rotatable bonds is 5. The molecule has 0 bridgehead atoms. The van der Waals surface area contributed by atoms with E-state index < -0.39 is 0 Å². The maximum Gasteiger partial charge on any atom is 0.232 e. The van der Waals surface area contributed by atoms with Crippen molar-refractivity contribution in [3.05, 3.63) is 42.3 Å². The molecule has 1 aliphatic rings. The first-order valence-electron chi connectivity index (χ1n) is 7.76. The molecule has 122 valence electrons. The molecule has 1 N–H and O–H groups in total. The summed E-state index contributed by atoms with van der Waals surface area (Å²) < 4.78 is 5.49. The topological polar surface area (TPSA) is 66.6 Å². The van der Waals surface area contributed by atoms with E-state index in [9.17, 15) is 9.90 Å². The summed E-state index contributed by atoms with van der Waals surface area (Å²) in [6, 6.07) is 9.74. The van der Waals surface area contributed by atoms with Crippen LogP contribution < -0.4 is 0 Å². The Balaban J connectivity index is 1.47. The number of aliphatic hydroxyl groups excluding tert-OH is 1. The number of benzene rings is 1. The number of thioether (sulfide) groups is 1. The normalized spacial score (nSPS) is 18.1. The Hall–Kier alpha value is -1.79. The Morgan fingerprint density at radius 1 is 1.39 bits per heavy atom. The van der Waals surface area contributed by atoms with Gasteiger partial charge in [-0.1, -0.05) is 18.2 Å². The minimum Gasteiger partial charge on any atom is -0.444 e. The maximum absolute atomic E-state index is 12.1. The molecular weight excluding hydrogens is 312 g/mol. The molecule has 6 heteroatoms. The smallest absolute Gasteiger partial charge is 0.232 e. The number of oxazole rings is 1. The lowest BCUT2D eigenvalue weighted by molar-refractivity contribution is -0.131. The summed E-state index contributed by atoms with van der Waals surface area (Å²) in [5.74, 6) is 1.73. The molecule has 23 heavy (non-hydrogen) atoms. The molecule has 0 saturated carbocycles. The van der Waals surface area contributed by atoms with E-state index >= 15 is 0 Å². The number of nitrogens with zero attached hydrogens (tertiary/aromatic N) is 2. The van der Waals surface area contributed by atoms with Gasteiger partial charge in [0, 0.05) is 24.4 Å². The summed E-state index contributed by atoms with van der Waals surface area (Å²) in [5.41, 5.74) is 1.78. The van der Waals surface area contributed by atoms with Gasteiger partial charge in [0.25, 0.3) is 0 Å². The molecule has 1 aromatic heterocycles. The SMILES string of the molecule is O=C(CSCc1coc(-c2ccccc2)n1)N1CCCC(O)C1. The van der Waals surface area contributed by atoms with Crippen LogP contribution in [0.5, 0.6) is 0 Å². The van der Waals surface area contributed by atoms with Crippen LogP contribution in [0.1, 0.15) is 18.5 Å². The van der Waals surface area contributed by atoms with Gasteiger partial charge in [-0.2, -0.15) is 0 Å². The predicted molar refractivity (Wildman–Crippen MR) is 89.9 cm³/mol. The number of piperidine rings is 1. The van der Waals surface area contributed by atoms with E-state index in [0.29, 0.717) is 23.9 Å². The van der Waals surface area contributed by atoms with Crippen molar-refractivity contribution in [1.29, 1.82) is 0 Å². The van der Waals surface area contributed by atoms with Crippen LogP contribution in [0.2, 0.25) is 0 Å². The highest BCUT2D eigenvalue weighted by Crippen LogP contribution is 2.21. The highest BCUT2D eigenvalue weighted by Gasteiger charge is 2.21. The summed E-state index contributed by atoms with van der Waals surface area (Å²) in [6.45, 7) is 1.21. The lowest BCUT2D eigenvalue weighted by Crippen LogP contribution is -2.43. The molecule has 1 aromatic carbocycles. The molecule has 3 rings (SSSR count). The number of carbonyl (C=O) groups is 1. The van der Waals surface area contributed by atoms with Crippen LogP contribution in [0.4, 0.5) is 0 Å². The highest BCUT2D eigenvalue weighted by molar-refractivity contribution is 7.99. The van der Waals surface area contributed by atoms with Crippen LogP contribution >= 0.6 is 11.8 Å². The van der Waals surface area contributed by atoms with Crippen LogP contribution in [0.15, 0.2) is 41.0 Å². The molecule has 1 aliphatic heterocycles. The number of hydrogen-bond donors (Lipinski definition) is 1. The Labute approximate surface area is 139 Å². The second-order valence-electron chi connectivity index (χ2n) is 5.64. The molecule has 0 aliphatic carbocycles. The van der Waals surface area contributed by atoms with Gasteiger partial charge in [0.05, 0.1) is 17.6 Å². The Morgan fingerprint density at radius 3 is 3.00 bits per heavy atom. The summed E-state index contributed by atoms with van der Waals surface area (Å²) in [4.78, 5) is 18.3. The minimum absolute atomic E-state index is 0.0838. The van der Waals surface area contributed by atoms with E-state index in [2.05, 4.69) is 4.98 Å². The van der Waals surface area contributed by atoms with E-state index in [1.54, 1.807) is 11.2 Å². The second-order valence-corrected chi connectivity index (χ2v) is 6.62. The number of aliphatic hydroxyl groups is 1. The summed E-state index contributed by atoms with van der Waals surface area (Å²) >= 11 is 1.52. The van der Waals surface area contributed by atoms with Gasteiger partial charge in [-0.3, -0.25) is 4.79 Å². The van der Waals surface area contributed by atoms with E-state index in [4.69, 9.17) is 4.42 Å². The van der Waals surface area contributed by atoms with E-state index in [-0.39, 0.29) is 12.0 Å². The number of amides is 1. The van der Waals surface area contributed by atoms with Gasteiger partial charge >= 0.3 is 0 Å². The first-order chi connectivity index (χ1) is 11.2. The fraction of sp³-hybridized carbons (Fsp3) is 0.412. The molecule has 2 heterocycles. The molecule has 1 fully saturated rings. The monoisotopic (exact) mass is 332 g/mol. The third-order valence-corrected chi connectivity index (χ3v) is 4.75. The van der Waals surface area contributed by atoms with Crippen LogP contribution in [0, 0.1) is 0 Å². The molecule has 1 atom stereocenters. The van der Waals surface area contributed by atoms with Crippen LogP contribution in [0.25, 0.3) is 11.5 Å². The van der Waals surface area contributed by atoms with E-state index in [1.807, 2.05) is 30.3 Å². The van der Waals surface area contributed by atoms with E-state index in [1.165, 1.54) is 11.8 Å². The standard InChI is InChI=1S/C17H20N2O3S/c20-15-7-4-8-19(9-15)16(21)12-23-11-14-10-22-17(18-14)13-5-2-1-3-6-13/h1-3,5-6,10,15,20H,4,7-9,11-12H2. The first-order valence-corrected chi connectivity index (χ1v) is 8.91. The molecule has 0 spiro atoms. The molecule has 1 saturated heterocycles. The van der Waals surface area contributed by atoms with Gasteiger partial charge in [-0.05, 0) is 25.0 Å². The number of β-amino-alcohol motifs (C(OH)–C–C–N with tert-alkyl or cyclic N) is 1. The molecule has 2 aromatic rings. The van der Waals surface area contributed by atoms with Gasteiger partial charge < -0.3 is 14.4 Å². The second kappa shape index (κ2) is 7.66. The van der Waals surface area contributed by atoms with Crippen molar-refractivity contribution >= 4 is 17.7 Å². The number of hydrogen-bond acceptors (Lipinski definition) is 5. The van der Waals surface area contributed by atoms with Gasteiger partial charge in [0.15, 0.2) is 0 Å².